The molecule has 1 aromatic rings. The summed E-state index contributed by atoms with van der Waals surface area (Å²) in [5, 5.41) is 8.44. The van der Waals surface area contributed by atoms with Gasteiger partial charge in [0.2, 0.25) is 0 Å². The normalized spacial score (nSPS) is 9.00. The summed E-state index contributed by atoms with van der Waals surface area (Å²) in [7, 11) is 0. The lowest BCUT2D eigenvalue weighted by Crippen LogP contribution is -1.58. The second-order valence-corrected chi connectivity index (χ2v) is 4.63. The van der Waals surface area contributed by atoms with E-state index in [0.29, 0.717) is 4.88 Å². The van der Waals surface area contributed by atoms with Gasteiger partial charge in [0.15, 0.2) is 0 Å². The summed E-state index contributed by atoms with van der Waals surface area (Å²) < 4.78 is 1.84. The summed E-state index contributed by atoms with van der Waals surface area (Å²) in [4.78, 5) is 0.710. The molecule has 1 nitrogen and oxygen atoms in total. The van der Waals surface area contributed by atoms with Crippen LogP contribution in [0.4, 0.5) is 0 Å². The predicted octanol–water partition coefficient (Wildman–Crippen LogP) is 3.14. The Balaban J connectivity index is 3.20. The van der Waals surface area contributed by atoms with E-state index in [4.69, 9.17) is 5.26 Å². The minimum Gasteiger partial charge on any atom is -0.191 e. The largest absolute Gasteiger partial charge is 0.191 e. The summed E-state index contributed by atoms with van der Waals surface area (Å²) in [6, 6.07) is 3.92. The molecule has 0 fully saturated rings. The van der Waals surface area contributed by atoms with E-state index in [1.165, 1.54) is 11.3 Å². The Morgan fingerprint density at radius 2 is 2.22 bits per heavy atom. The monoisotopic (exact) mass is 265 g/mol. The molecule has 0 aliphatic rings. The van der Waals surface area contributed by atoms with Gasteiger partial charge in [-0.05, 0) is 37.9 Å². The third kappa shape index (κ3) is 1.54. The molecular formula is C5HBr2NS. The average molecular weight is 267 g/mol. The zero-order valence-electron chi connectivity index (χ0n) is 4.19. The first-order chi connectivity index (χ1) is 4.24. The molecule has 0 spiro atoms. The van der Waals surface area contributed by atoms with E-state index in [1.807, 2.05) is 6.07 Å². The molecule has 1 aromatic heterocycles. The van der Waals surface area contributed by atoms with E-state index < -0.39 is 0 Å². The van der Waals surface area contributed by atoms with Gasteiger partial charge in [0.25, 0.3) is 0 Å². The zero-order chi connectivity index (χ0) is 6.85. The molecule has 0 aliphatic carbocycles. The smallest absolute Gasteiger partial charge is 0.120 e. The van der Waals surface area contributed by atoms with Gasteiger partial charge in [-0.1, -0.05) is 0 Å². The standard InChI is InChI=1S/C5HBr2NS/c6-3-1-5(7)9-4(3)2-8/h1H. The van der Waals surface area contributed by atoms with Crippen molar-refractivity contribution in [3.63, 3.8) is 0 Å². The fourth-order valence-corrected chi connectivity index (χ4v) is 2.72. The van der Waals surface area contributed by atoms with Gasteiger partial charge in [-0.25, -0.2) is 0 Å². The number of hydrogen-bond acceptors (Lipinski definition) is 2. The van der Waals surface area contributed by atoms with E-state index in [-0.39, 0.29) is 0 Å². The molecule has 1 heterocycles. The second-order valence-electron chi connectivity index (χ2n) is 1.34. The highest BCUT2D eigenvalue weighted by molar-refractivity contribution is 9.11. The predicted molar refractivity (Wildman–Crippen MR) is 44.4 cm³/mol. The van der Waals surface area contributed by atoms with E-state index in [1.54, 1.807) is 0 Å². The van der Waals surface area contributed by atoms with Crippen LogP contribution in [0.1, 0.15) is 4.88 Å². The van der Waals surface area contributed by atoms with Crippen LogP contribution in [-0.2, 0) is 0 Å². The minimum absolute atomic E-state index is 0.710. The van der Waals surface area contributed by atoms with Gasteiger partial charge in [0, 0.05) is 4.47 Å². The lowest BCUT2D eigenvalue weighted by molar-refractivity contribution is 1.52. The van der Waals surface area contributed by atoms with Crippen LogP contribution in [-0.4, -0.2) is 0 Å². The van der Waals surface area contributed by atoms with Crippen LogP contribution in [0.3, 0.4) is 0 Å². The van der Waals surface area contributed by atoms with Gasteiger partial charge >= 0.3 is 0 Å². The highest BCUT2D eigenvalue weighted by Crippen LogP contribution is 2.29. The van der Waals surface area contributed by atoms with Crippen LogP contribution >= 0.6 is 43.2 Å². The fourth-order valence-electron chi connectivity index (χ4n) is 0.417. The molecule has 9 heavy (non-hydrogen) atoms. The third-order valence-corrected chi connectivity index (χ3v) is 3.19. The van der Waals surface area contributed by atoms with Crippen molar-refractivity contribution in [1.29, 1.82) is 5.26 Å². The Bertz CT molecular complexity index is 260. The average Bonchev–Trinajstić information content (AvgIpc) is 2.10. The molecule has 0 unspecified atom stereocenters. The number of hydrogen-bond donors (Lipinski definition) is 0. The summed E-state index contributed by atoms with van der Waals surface area (Å²) in [6.07, 6.45) is 0. The van der Waals surface area contributed by atoms with Crippen molar-refractivity contribution >= 4 is 43.2 Å². The topological polar surface area (TPSA) is 23.8 Å². The van der Waals surface area contributed by atoms with E-state index in [9.17, 15) is 0 Å². The van der Waals surface area contributed by atoms with Crippen molar-refractivity contribution in [3.8, 4) is 6.07 Å². The first-order valence-electron chi connectivity index (χ1n) is 2.09. The number of nitrogens with zero attached hydrogens (tertiary/aromatic N) is 1. The molecule has 0 aromatic carbocycles. The lowest BCUT2D eigenvalue weighted by Gasteiger charge is -1.74. The van der Waals surface area contributed by atoms with Crippen LogP contribution in [0.15, 0.2) is 14.3 Å². The lowest BCUT2D eigenvalue weighted by atomic mass is 10.5. The maximum Gasteiger partial charge on any atom is 0.120 e. The molecule has 0 atom stereocenters. The Hall–Kier alpha value is 0.150. The molecule has 46 valence electrons. The van der Waals surface area contributed by atoms with E-state index in [0.717, 1.165) is 8.26 Å². The molecule has 0 radical (unpaired) electrons. The van der Waals surface area contributed by atoms with Crippen molar-refractivity contribution in [2.75, 3.05) is 0 Å². The number of halogens is 2. The van der Waals surface area contributed by atoms with Crippen LogP contribution in [0.25, 0.3) is 0 Å². The molecule has 0 bridgehead atoms. The fraction of sp³-hybridized carbons (Fsp3) is 0. The van der Waals surface area contributed by atoms with Gasteiger partial charge in [-0.2, -0.15) is 5.26 Å². The molecule has 4 heteroatoms. The number of nitriles is 1. The Kier molecular flexibility index (Phi) is 2.28. The summed E-state index contributed by atoms with van der Waals surface area (Å²) in [5.74, 6) is 0. The van der Waals surface area contributed by atoms with Crippen molar-refractivity contribution in [2.24, 2.45) is 0 Å². The second kappa shape index (κ2) is 2.82. The summed E-state index contributed by atoms with van der Waals surface area (Å²) in [6.45, 7) is 0. The van der Waals surface area contributed by atoms with Gasteiger partial charge in [0.1, 0.15) is 10.9 Å². The number of thiophene rings is 1. The van der Waals surface area contributed by atoms with Crippen molar-refractivity contribution < 1.29 is 0 Å². The molecule has 0 saturated heterocycles. The Morgan fingerprint density at radius 1 is 1.56 bits per heavy atom. The molecule has 0 amide bonds. The van der Waals surface area contributed by atoms with Gasteiger partial charge < -0.3 is 0 Å². The Labute approximate surface area is 73.6 Å². The van der Waals surface area contributed by atoms with E-state index in [2.05, 4.69) is 37.9 Å². The summed E-state index contributed by atoms with van der Waals surface area (Å²) in [5.41, 5.74) is 0. The molecule has 0 saturated carbocycles. The van der Waals surface area contributed by atoms with Gasteiger partial charge in [0.05, 0.1) is 3.79 Å². The maximum absolute atomic E-state index is 8.44. The number of rotatable bonds is 0. The molecule has 0 aliphatic heterocycles. The van der Waals surface area contributed by atoms with Crippen molar-refractivity contribution in [2.45, 2.75) is 0 Å². The highest BCUT2D eigenvalue weighted by Gasteiger charge is 2.01. The first kappa shape index (κ1) is 7.26. The van der Waals surface area contributed by atoms with Crippen LogP contribution < -0.4 is 0 Å². The maximum atomic E-state index is 8.44. The van der Waals surface area contributed by atoms with Crippen LogP contribution in [0, 0.1) is 11.3 Å². The van der Waals surface area contributed by atoms with E-state index >= 15 is 0 Å². The highest BCUT2D eigenvalue weighted by atomic mass is 79.9. The molecule has 0 N–H and O–H groups in total. The van der Waals surface area contributed by atoms with Gasteiger partial charge in [-0.3, -0.25) is 0 Å². The molecule has 1 rings (SSSR count). The zero-order valence-corrected chi connectivity index (χ0v) is 8.18. The molecular weight excluding hydrogens is 266 g/mol. The van der Waals surface area contributed by atoms with Crippen LogP contribution in [0.5, 0.6) is 0 Å². The van der Waals surface area contributed by atoms with Gasteiger partial charge in [-0.15, -0.1) is 11.3 Å². The minimum atomic E-state index is 0.710. The van der Waals surface area contributed by atoms with Crippen LogP contribution in [0.2, 0.25) is 0 Å². The summed E-state index contributed by atoms with van der Waals surface area (Å²) >= 11 is 7.92. The quantitative estimate of drug-likeness (QED) is 0.708. The first-order valence-corrected chi connectivity index (χ1v) is 4.49. The SMILES string of the molecule is N#Cc1sc(Br)cc1Br. The Morgan fingerprint density at radius 3 is 2.44 bits per heavy atom. The van der Waals surface area contributed by atoms with Crippen molar-refractivity contribution in [1.82, 2.24) is 0 Å². The van der Waals surface area contributed by atoms with Crippen molar-refractivity contribution in [3.05, 3.63) is 19.2 Å². The third-order valence-electron chi connectivity index (χ3n) is 0.758.